The fourth-order valence-corrected chi connectivity index (χ4v) is 2.87. The van der Waals surface area contributed by atoms with Gasteiger partial charge in [0.1, 0.15) is 11.3 Å². The molecule has 0 radical (unpaired) electrons. The van der Waals surface area contributed by atoms with Crippen LogP contribution in [0.1, 0.15) is 6.92 Å². The van der Waals surface area contributed by atoms with Gasteiger partial charge in [-0.2, -0.15) is 0 Å². The molecule has 6 heteroatoms. The molecule has 1 heterocycles. The van der Waals surface area contributed by atoms with E-state index in [2.05, 4.69) is 4.98 Å². The number of hydrogen-bond donors (Lipinski definition) is 1. The summed E-state index contributed by atoms with van der Waals surface area (Å²) in [5.74, 6) is 0.996. The van der Waals surface area contributed by atoms with E-state index in [0.29, 0.717) is 39.6 Å². The molecule has 0 fully saturated rings. The summed E-state index contributed by atoms with van der Waals surface area (Å²) in [5, 5.41) is 1.02. The van der Waals surface area contributed by atoms with E-state index in [4.69, 9.17) is 33.7 Å². The van der Waals surface area contributed by atoms with Crippen LogP contribution >= 0.6 is 23.2 Å². The third-order valence-electron chi connectivity index (χ3n) is 3.14. The second-order valence-corrected chi connectivity index (χ2v) is 5.25. The SMILES string of the molecule is CCOc1cccc2c1nc(N)n2-c1c(Cl)cccc1Cl. The highest BCUT2D eigenvalue weighted by Gasteiger charge is 2.17. The number of para-hydroxylation sites is 2. The number of halogens is 2. The van der Waals surface area contributed by atoms with Gasteiger partial charge in [0.05, 0.1) is 27.9 Å². The zero-order valence-electron chi connectivity index (χ0n) is 11.3. The van der Waals surface area contributed by atoms with Crippen LogP contribution in [0.5, 0.6) is 5.75 Å². The van der Waals surface area contributed by atoms with Gasteiger partial charge < -0.3 is 10.5 Å². The molecular weight excluding hydrogens is 309 g/mol. The lowest BCUT2D eigenvalue weighted by Crippen LogP contribution is -2.02. The molecule has 0 aliphatic rings. The predicted octanol–water partition coefficient (Wildman–Crippen LogP) is 4.31. The number of nitrogens with zero attached hydrogens (tertiary/aromatic N) is 2. The van der Waals surface area contributed by atoms with E-state index in [1.165, 1.54) is 0 Å². The number of fused-ring (bicyclic) bond motifs is 1. The van der Waals surface area contributed by atoms with Gasteiger partial charge in [0.25, 0.3) is 0 Å². The van der Waals surface area contributed by atoms with Gasteiger partial charge in [0, 0.05) is 0 Å². The molecule has 0 unspecified atom stereocenters. The van der Waals surface area contributed by atoms with Gasteiger partial charge in [-0.15, -0.1) is 0 Å². The molecule has 0 aliphatic heterocycles. The maximum Gasteiger partial charge on any atom is 0.206 e. The van der Waals surface area contributed by atoms with Crippen molar-refractivity contribution in [3.63, 3.8) is 0 Å². The molecular formula is C15H13Cl2N3O. The Hall–Kier alpha value is -1.91. The Morgan fingerprint density at radius 2 is 1.81 bits per heavy atom. The molecule has 3 aromatic rings. The Morgan fingerprint density at radius 1 is 1.14 bits per heavy atom. The van der Waals surface area contributed by atoms with E-state index in [-0.39, 0.29) is 0 Å². The van der Waals surface area contributed by atoms with Crippen molar-refractivity contribution in [3.05, 3.63) is 46.4 Å². The van der Waals surface area contributed by atoms with Crippen LogP contribution in [0.25, 0.3) is 16.7 Å². The number of nitrogen functional groups attached to an aromatic ring is 1. The number of aromatic nitrogens is 2. The smallest absolute Gasteiger partial charge is 0.206 e. The molecule has 108 valence electrons. The summed E-state index contributed by atoms with van der Waals surface area (Å²) in [7, 11) is 0. The summed E-state index contributed by atoms with van der Waals surface area (Å²) < 4.78 is 7.33. The molecule has 2 aromatic carbocycles. The molecule has 21 heavy (non-hydrogen) atoms. The average molecular weight is 322 g/mol. The van der Waals surface area contributed by atoms with Crippen LogP contribution in [0, 0.1) is 0 Å². The highest BCUT2D eigenvalue weighted by Crippen LogP contribution is 2.35. The molecule has 0 atom stereocenters. The molecule has 0 bridgehead atoms. The monoisotopic (exact) mass is 321 g/mol. The summed E-state index contributed by atoms with van der Waals surface area (Å²) in [6.07, 6.45) is 0. The molecule has 0 saturated heterocycles. The number of rotatable bonds is 3. The second kappa shape index (κ2) is 5.47. The summed E-state index contributed by atoms with van der Waals surface area (Å²) in [4.78, 5) is 4.39. The first-order chi connectivity index (χ1) is 10.1. The summed E-state index contributed by atoms with van der Waals surface area (Å²) in [6, 6.07) is 11.0. The van der Waals surface area contributed by atoms with Gasteiger partial charge in [0.15, 0.2) is 0 Å². The molecule has 1 aromatic heterocycles. The minimum atomic E-state index is 0.312. The van der Waals surface area contributed by atoms with Gasteiger partial charge in [-0.05, 0) is 31.2 Å². The minimum absolute atomic E-state index is 0.312. The first kappa shape index (κ1) is 14.0. The number of hydrogen-bond acceptors (Lipinski definition) is 3. The summed E-state index contributed by atoms with van der Waals surface area (Å²) in [6.45, 7) is 2.48. The number of imidazole rings is 1. The van der Waals surface area contributed by atoms with Crippen molar-refractivity contribution in [3.8, 4) is 11.4 Å². The first-order valence-electron chi connectivity index (χ1n) is 6.47. The van der Waals surface area contributed by atoms with Crippen molar-refractivity contribution in [2.24, 2.45) is 0 Å². The molecule has 0 saturated carbocycles. The highest BCUT2D eigenvalue weighted by molar-refractivity contribution is 6.38. The summed E-state index contributed by atoms with van der Waals surface area (Å²) in [5.41, 5.74) is 8.17. The van der Waals surface area contributed by atoms with Gasteiger partial charge in [-0.3, -0.25) is 4.57 Å². The molecule has 0 amide bonds. The molecule has 4 nitrogen and oxygen atoms in total. The zero-order valence-corrected chi connectivity index (χ0v) is 12.8. The molecule has 3 rings (SSSR count). The molecule has 0 spiro atoms. The van der Waals surface area contributed by atoms with Crippen LogP contribution in [-0.2, 0) is 0 Å². The van der Waals surface area contributed by atoms with Crippen LogP contribution in [0.15, 0.2) is 36.4 Å². The number of anilines is 1. The lowest BCUT2D eigenvalue weighted by Gasteiger charge is -2.11. The Morgan fingerprint density at radius 3 is 2.48 bits per heavy atom. The van der Waals surface area contributed by atoms with Gasteiger partial charge >= 0.3 is 0 Å². The van der Waals surface area contributed by atoms with E-state index in [0.717, 1.165) is 5.52 Å². The quantitative estimate of drug-likeness (QED) is 0.781. The largest absolute Gasteiger partial charge is 0.492 e. The zero-order chi connectivity index (χ0) is 15.0. The first-order valence-corrected chi connectivity index (χ1v) is 7.23. The van der Waals surface area contributed by atoms with Crippen LogP contribution in [0.2, 0.25) is 10.0 Å². The third kappa shape index (κ3) is 2.30. The Balaban J connectivity index is 2.34. The van der Waals surface area contributed by atoms with E-state index in [1.807, 2.05) is 25.1 Å². The number of nitrogens with two attached hydrogens (primary N) is 1. The maximum atomic E-state index is 6.27. The van der Waals surface area contributed by atoms with Crippen molar-refractivity contribution in [1.29, 1.82) is 0 Å². The third-order valence-corrected chi connectivity index (χ3v) is 3.75. The van der Waals surface area contributed by atoms with E-state index < -0.39 is 0 Å². The standard InChI is InChI=1S/C15H13Cl2N3O/c1-2-21-12-8-4-7-11-13(12)19-15(18)20(11)14-9(16)5-3-6-10(14)17/h3-8H,2H2,1H3,(H2,18,19). The highest BCUT2D eigenvalue weighted by atomic mass is 35.5. The Kier molecular flexibility index (Phi) is 3.66. The maximum absolute atomic E-state index is 6.27. The molecule has 0 aliphatic carbocycles. The van der Waals surface area contributed by atoms with Crippen LogP contribution < -0.4 is 10.5 Å². The van der Waals surface area contributed by atoms with E-state index >= 15 is 0 Å². The number of ether oxygens (including phenoxy) is 1. The fourth-order valence-electron chi connectivity index (χ4n) is 2.30. The Bertz CT molecular complexity index is 794. The van der Waals surface area contributed by atoms with Crippen molar-refractivity contribution >= 4 is 40.2 Å². The van der Waals surface area contributed by atoms with Gasteiger partial charge in [-0.1, -0.05) is 35.3 Å². The second-order valence-electron chi connectivity index (χ2n) is 4.43. The lowest BCUT2D eigenvalue weighted by atomic mass is 10.2. The average Bonchev–Trinajstić information content (AvgIpc) is 2.77. The minimum Gasteiger partial charge on any atom is -0.492 e. The van der Waals surface area contributed by atoms with Crippen LogP contribution in [-0.4, -0.2) is 16.2 Å². The topological polar surface area (TPSA) is 53.1 Å². The van der Waals surface area contributed by atoms with Crippen molar-refractivity contribution in [2.75, 3.05) is 12.3 Å². The van der Waals surface area contributed by atoms with Gasteiger partial charge in [0.2, 0.25) is 5.95 Å². The Labute approximate surface area is 132 Å². The van der Waals surface area contributed by atoms with Crippen molar-refractivity contribution in [1.82, 2.24) is 9.55 Å². The van der Waals surface area contributed by atoms with E-state index in [1.54, 1.807) is 22.8 Å². The fraction of sp³-hybridized carbons (Fsp3) is 0.133. The molecule has 2 N–H and O–H groups in total. The van der Waals surface area contributed by atoms with Crippen molar-refractivity contribution < 1.29 is 4.74 Å². The van der Waals surface area contributed by atoms with Crippen LogP contribution in [0.3, 0.4) is 0 Å². The van der Waals surface area contributed by atoms with Crippen molar-refractivity contribution in [2.45, 2.75) is 6.92 Å². The van der Waals surface area contributed by atoms with E-state index in [9.17, 15) is 0 Å². The number of benzene rings is 2. The normalized spacial score (nSPS) is 11.0. The predicted molar refractivity (Wildman–Crippen MR) is 86.7 cm³/mol. The van der Waals surface area contributed by atoms with Crippen LogP contribution in [0.4, 0.5) is 5.95 Å². The summed E-state index contributed by atoms with van der Waals surface area (Å²) >= 11 is 12.5. The lowest BCUT2D eigenvalue weighted by molar-refractivity contribution is 0.344. The van der Waals surface area contributed by atoms with Gasteiger partial charge in [-0.25, -0.2) is 4.98 Å².